The normalized spacial score (nSPS) is 12.3. The summed E-state index contributed by atoms with van der Waals surface area (Å²) in [5.74, 6) is 1.09. The number of aliphatic hydroxyl groups excluding tert-OH is 1. The first kappa shape index (κ1) is 20.7. The van der Waals surface area contributed by atoms with Crippen molar-refractivity contribution in [2.75, 3.05) is 17.2 Å². The molecule has 0 unspecified atom stereocenters. The van der Waals surface area contributed by atoms with E-state index in [1.54, 1.807) is 18.7 Å². The molecule has 8 heteroatoms. The standard InChI is InChI=1S/C23H27N7O/c1-4-18(13-31)27-23-28-21(20-22(29-23)30(14-25-20)15(2)3)26-19-7-5-16(6-8-19)17-9-11-24-12-10-17/h5-12,14-15,18,31H,4,13H2,1-3H3,(H2,26,27,28,29)/t18-/m1/s1. The first-order chi connectivity index (χ1) is 15.1. The van der Waals surface area contributed by atoms with Gasteiger partial charge >= 0.3 is 0 Å². The van der Waals surface area contributed by atoms with Crippen LogP contribution in [-0.2, 0) is 0 Å². The molecule has 0 saturated carbocycles. The minimum atomic E-state index is -0.111. The minimum absolute atomic E-state index is 0.0145. The van der Waals surface area contributed by atoms with Crippen LogP contribution in [0.15, 0.2) is 55.1 Å². The number of hydrogen-bond donors (Lipinski definition) is 3. The fraction of sp³-hybridized carbons (Fsp3) is 0.304. The molecule has 4 rings (SSSR count). The number of benzene rings is 1. The van der Waals surface area contributed by atoms with Crippen LogP contribution in [0.5, 0.6) is 0 Å². The van der Waals surface area contributed by atoms with E-state index in [-0.39, 0.29) is 18.7 Å². The van der Waals surface area contributed by atoms with Crippen molar-refractivity contribution in [3.63, 3.8) is 0 Å². The molecule has 8 nitrogen and oxygen atoms in total. The van der Waals surface area contributed by atoms with E-state index in [1.165, 1.54) is 0 Å². The Hall–Kier alpha value is -3.52. The first-order valence-corrected chi connectivity index (χ1v) is 10.5. The molecule has 4 aromatic rings. The molecule has 160 valence electrons. The maximum absolute atomic E-state index is 9.57. The number of anilines is 3. The van der Waals surface area contributed by atoms with E-state index in [0.717, 1.165) is 28.9 Å². The van der Waals surface area contributed by atoms with Crippen LogP contribution in [0.1, 0.15) is 33.2 Å². The summed E-state index contributed by atoms with van der Waals surface area (Å²) in [6.45, 7) is 6.20. The molecule has 3 N–H and O–H groups in total. The molecule has 31 heavy (non-hydrogen) atoms. The van der Waals surface area contributed by atoms with Crippen LogP contribution < -0.4 is 10.6 Å². The monoisotopic (exact) mass is 417 g/mol. The van der Waals surface area contributed by atoms with Gasteiger partial charge < -0.3 is 20.3 Å². The van der Waals surface area contributed by atoms with Crippen molar-refractivity contribution in [1.82, 2.24) is 24.5 Å². The van der Waals surface area contributed by atoms with Crippen molar-refractivity contribution in [3.8, 4) is 11.1 Å². The second-order valence-corrected chi connectivity index (χ2v) is 7.68. The summed E-state index contributed by atoms with van der Waals surface area (Å²) in [5.41, 5.74) is 4.58. The second kappa shape index (κ2) is 9.09. The quantitative estimate of drug-likeness (QED) is 0.391. The van der Waals surface area contributed by atoms with Crippen LogP contribution in [-0.4, -0.2) is 42.3 Å². The SMILES string of the molecule is CC[C@H](CO)Nc1nc(Nc2ccc(-c3ccncc3)cc2)c2ncn(C(C)C)c2n1. The van der Waals surface area contributed by atoms with E-state index in [4.69, 9.17) is 0 Å². The number of nitrogens with one attached hydrogen (secondary N) is 2. The zero-order valence-electron chi connectivity index (χ0n) is 17.9. The van der Waals surface area contributed by atoms with E-state index in [9.17, 15) is 5.11 Å². The third-order valence-electron chi connectivity index (χ3n) is 5.19. The summed E-state index contributed by atoms with van der Waals surface area (Å²) >= 11 is 0. The smallest absolute Gasteiger partial charge is 0.227 e. The van der Waals surface area contributed by atoms with Gasteiger partial charge in [-0.3, -0.25) is 4.98 Å². The molecule has 3 heterocycles. The number of rotatable bonds is 8. The van der Waals surface area contributed by atoms with E-state index in [1.807, 2.05) is 35.8 Å². The largest absolute Gasteiger partial charge is 0.394 e. The summed E-state index contributed by atoms with van der Waals surface area (Å²) in [5, 5.41) is 16.2. The molecule has 0 saturated heterocycles. The van der Waals surface area contributed by atoms with Crippen molar-refractivity contribution in [3.05, 3.63) is 55.1 Å². The van der Waals surface area contributed by atoms with Gasteiger partial charge in [-0.2, -0.15) is 9.97 Å². The number of imidazole rings is 1. The van der Waals surface area contributed by atoms with Gasteiger partial charge in [-0.05, 0) is 55.7 Å². The van der Waals surface area contributed by atoms with Gasteiger partial charge in [0.05, 0.1) is 19.0 Å². The van der Waals surface area contributed by atoms with Gasteiger partial charge in [0.25, 0.3) is 0 Å². The summed E-state index contributed by atoms with van der Waals surface area (Å²) in [6, 6.07) is 12.2. The Kier molecular flexibility index (Phi) is 6.08. The summed E-state index contributed by atoms with van der Waals surface area (Å²) in [7, 11) is 0. The molecule has 1 atom stereocenters. The molecule has 0 radical (unpaired) electrons. The van der Waals surface area contributed by atoms with Gasteiger partial charge in [0, 0.05) is 24.1 Å². The van der Waals surface area contributed by atoms with E-state index >= 15 is 0 Å². The van der Waals surface area contributed by atoms with Crippen LogP contribution >= 0.6 is 0 Å². The second-order valence-electron chi connectivity index (χ2n) is 7.68. The van der Waals surface area contributed by atoms with Crippen molar-refractivity contribution in [2.24, 2.45) is 0 Å². The van der Waals surface area contributed by atoms with Crippen molar-refractivity contribution in [2.45, 2.75) is 39.3 Å². The number of aromatic nitrogens is 5. The van der Waals surface area contributed by atoms with Gasteiger partial charge in [0.1, 0.15) is 0 Å². The van der Waals surface area contributed by atoms with Gasteiger partial charge in [0.15, 0.2) is 17.0 Å². The molecule has 0 fully saturated rings. The average molecular weight is 418 g/mol. The zero-order valence-corrected chi connectivity index (χ0v) is 17.9. The van der Waals surface area contributed by atoms with Crippen LogP contribution in [0.25, 0.3) is 22.3 Å². The molecular formula is C23H27N7O. The number of hydrogen-bond acceptors (Lipinski definition) is 7. The highest BCUT2D eigenvalue weighted by atomic mass is 16.3. The van der Waals surface area contributed by atoms with E-state index in [2.05, 4.69) is 56.5 Å². The maximum Gasteiger partial charge on any atom is 0.227 e. The van der Waals surface area contributed by atoms with E-state index in [0.29, 0.717) is 17.3 Å². The van der Waals surface area contributed by atoms with Crippen LogP contribution in [0.3, 0.4) is 0 Å². The Morgan fingerprint density at radius 2 is 1.71 bits per heavy atom. The third-order valence-corrected chi connectivity index (χ3v) is 5.19. The molecule has 0 spiro atoms. The third kappa shape index (κ3) is 4.49. The Morgan fingerprint density at radius 1 is 1.00 bits per heavy atom. The lowest BCUT2D eigenvalue weighted by molar-refractivity contribution is 0.271. The van der Waals surface area contributed by atoms with Crippen molar-refractivity contribution >= 4 is 28.6 Å². The molecule has 0 aliphatic heterocycles. The summed E-state index contributed by atoms with van der Waals surface area (Å²) in [4.78, 5) is 18.0. The van der Waals surface area contributed by atoms with Crippen molar-refractivity contribution < 1.29 is 5.11 Å². The maximum atomic E-state index is 9.57. The highest BCUT2D eigenvalue weighted by Crippen LogP contribution is 2.28. The Labute approximate surface area is 181 Å². The van der Waals surface area contributed by atoms with E-state index < -0.39 is 0 Å². The topological polar surface area (TPSA) is 101 Å². The number of fused-ring (bicyclic) bond motifs is 1. The number of aliphatic hydroxyl groups is 1. The van der Waals surface area contributed by atoms with Crippen LogP contribution in [0.4, 0.5) is 17.5 Å². The number of nitrogens with zero attached hydrogens (tertiary/aromatic N) is 5. The minimum Gasteiger partial charge on any atom is -0.394 e. The fourth-order valence-corrected chi connectivity index (χ4v) is 3.33. The lowest BCUT2D eigenvalue weighted by Gasteiger charge is -2.16. The predicted octanol–water partition coefficient (Wildman–Crippen LogP) is 4.40. The van der Waals surface area contributed by atoms with Gasteiger partial charge in [-0.15, -0.1) is 0 Å². The molecule has 3 aromatic heterocycles. The average Bonchev–Trinajstić information content (AvgIpc) is 3.23. The molecule has 0 amide bonds. The molecule has 0 aliphatic rings. The van der Waals surface area contributed by atoms with Crippen LogP contribution in [0, 0.1) is 0 Å². The van der Waals surface area contributed by atoms with Crippen LogP contribution in [0.2, 0.25) is 0 Å². The molecular weight excluding hydrogens is 390 g/mol. The lowest BCUT2D eigenvalue weighted by Crippen LogP contribution is -2.24. The summed E-state index contributed by atoms with van der Waals surface area (Å²) in [6.07, 6.45) is 6.12. The Bertz CT molecular complexity index is 1140. The Balaban J connectivity index is 1.68. The zero-order chi connectivity index (χ0) is 21.8. The fourth-order valence-electron chi connectivity index (χ4n) is 3.33. The highest BCUT2D eigenvalue weighted by molar-refractivity contribution is 5.87. The first-order valence-electron chi connectivity index (χ1n) is 10.5. The lowest BCUT2D eigenvalue weighted by atomic mass is 10.1. The predicted molar refractivity (Wildman–Crippen MR) is 123 cm³/mol. The highest BCUT2D eigenvalue weighted by Gasteiger charge is 2.16. The number of pyridine rings is 1. The molecule has 1 aromatic carbocycles. The summed E-state index contributed by atoms with van der Waals surface area (Å²) < 4.78 is 2.01. The molecule has 0 bridgehead atoms. The molecule has 0 aliphatic carbocycles. The van der Waals surface area contributed by atoms with Gasteiger partial charge in [-0.1, -0.05) is 19.1 Å². The van der Waals surface area contributed by atoms with Gasteiger partial charge in [-0.25, -0.2) is 4.98 Å². The van der Waals surface area contributed by atoms with Gasteiger partial charge in [0.2, 0.25) is 5.95 Å². The Morgan fingerprint density at radius 3 is 2.35 bits per heavy atom. The van der Waals surface area contributed by atoms with Crippen molar-refractivity contribution in [1.29, 1.82) is 0 Å².